The lowest BCUT2D eigenvalue weighted by atomic mass is 10.0. The van der Waals surface area contributed by atoms with Crippen molar-refractivity contribution in [2.75, 3.05) is 98.5 Å². The monoisotopic (exact) mass is 1390 g/mol. The van der Waals surface area contributed by atoms with Gasteiger partial charge in [-0.1, -0.05) is 32.1 Å². The average Bonchev–Trinajstić information content (AvgIpc) is 1.64. The summed E-state index contributed by atoms with van der Waals surface area (Å²) in [6.45, 7) is -0.436. The number of hydrogen-bond acceptors (Lipinski definition) is 25. The Morgan fingerprint density at radius 1 is 0.632 bits per heavy atom. The third kappa shape index (κ3) is 34.1. The number of anilines is 1. The molecule has 2 fully saturated rings. The summed E-state index contributed by atoms with van der Waals surface area (Å²) in [5, 5.41) is 34.5. The molecule has 2 aliphatic heterocycles. The molecule has 2 aromatic heterocycles. The van der Waals surface area contributed by atoms with Crippen LogP contribution in [0.2, 0.25) is 0 Å². The fourth-order valence-corrected chi connectivity index (χ4v) is 12.4. The summed E-state index contributed by atoms with van der Waals surface area (Å²) in [5.74, 6) is -0.535. The molecule has 95 heavy (non-hydrogen) atoms. The summed E-state index contributed by atoms with van der Waals surface area (Å²) in [5.41, 5.74) is 10.8. The highest BCUT2D eigenvalue weighted by Crippen LogP contribution is 2.50. The fourth-order valence-electron chi connectivity index (χ4n) is 10.9. The second-order valence-corrected chi connectivity index (χ2v) is 27.3. The molecule has 4 rings (SSSR count). The number of nitrogen functional groups attached to an aromatic ring is 1. The van der Waals surface area contributed by atoms with Gasteiger partial charge in [0.05, 0.1) is 71.3 Å². The molecule has 3 amide bonds. The number of aromatic nitrogens is 4. The number of aliphatic hydroxyl groups excluding tert-OH is 3. The predicted molar refractivity (Wildman–Crippen MR) is 347 cm³/mol. The number of likely N-dealkylation sites (tertiary alicyclic amines) is 1. The van der Waals surface area contributed by atoms with E-state index in [1.807, 2.05) is 0 Å². The first-order chi connectivity index (χ1) is 45.6. The van der Waals surface area contributed by atoms with E-state index < -0.39 is 65.0 Å². The number of amides is 3. The number of ether oxygens (including phenoxy) is 4. The minimum atomic E-state index is -4.93. The van der Waals surface area contributed by atoms with Gasteiger partial charge in [0.15, 0.2) is 11.5 Å². The summed E-state index contributed by atoms with van der Waals surface area (Å²) in [6.07, 6.45) is 12.0. The number of imidazole rings is 1. The van der Waals surface area contributed by atoms with Crippen LogP contribution in [0.4, 0.5) is 5.82 Å². The Balaban J connectivity index is 1.28. The lowest BCUT2D eigenvalue weighted by Gasteiger charge is -2.34. The molecule has 2 saturated heterocycles. The van der Waals surface area contributed by atoms with E-state index >= 15 is 0 Å². The van der Waals surface area contributed by atoms with Gasteiger partial charge in [-0.3, -0.25) is 56.2 Å². The zero-order chi connectivity index (χ0) is 69.3. The Morgan fingerprint density at radius 3 is 1.74 bits per heavy atom. The number of nitrogens with one attached hydrogen (secondary N) is 2. The molecule has 33 heteroatoms. The van der Waals surface area contributed by atoms with Crippen molar-refractivity contribution in [3.05, 3.63) is 12.7 Å². The molecule has 31 nitrogen and oxygen atoms in total. The van der Waals surface area contributed by atoms with Crippen LogP contribution in [0.3, 0.4) is 0 Å². The van der Waals surface area contributed by atoms with Gasteiger partial charge in [0.2, 0.25) is 17.7 Å². The molecule has 2 aliphatic rings. The van der Waals surface area contributed by atoms with Gasteiger partial charge in [-0.05, 0) is 90.0 Å². The first-order valence-corrected chi connectivity index (χ1v) is 36.7. The maximum absolute atomic E-state index is 13.9. The smallest absolute Gasteiger partial charge is 0.396 e. The zero-order valence-corrected chi connectivity index (χ0v) is 57.2. The van der Waals surface area contributed by atoms with E-state index in [0.29, 0.717) is 148 Å². The van der Waals surface area contributed by atoms with E-state index in [2.05, 4.69) is 30.1 Å². The van der Waals surface area contributed by atoms with Crippen molar-refractivity contribution in [1.29, 1.82) is 0 Å². The summed E-state index contributed by atoms with van der Waals surface area (Å²) < 4.78 is 72.0. The average molecular weight is 1390 g/mol. The highest BCUT2D eigenvalue weighted by Gasteiger charge is 2.45. The number of rotatable bonds is 58. The van der Waals surface area contributed by atoms with Crippen LogP contribution in [0.25, 0.3) is 11.2 Å². The van der Waals surface area contributed by atoms with E-state index in [1.165, 1.54) is 22.1 Å². The van der Waals surface area contributed by atoms with Crippen LogP contribution in [-0.4, -0.2) is 213 Å². The number of nitrogens with zero attached hydrogens (tertiary/aromatic N) is 5. The van der Waals surface area contributed by atoms with Crippen molar-refractivity contribution >= 4 is 73.5 Å². The highest BCUT2D eigenvalue weighted by atomic mass is 31.2. The number of nitrogens with two attached hydrogens (primary N) is 2. The van der Waals surface area contributed by atoms with Gasteiger partial charge < -0.3 is 71.1 Å². The van der Waals surface area contributed by atoms with E-state index in [4.69, 9.17) is 54.2 Å². The number of unbranched alkanes of at least 4 members (excludes halogenated alkanes) is 11. The van der Waals surface area contributed by atoms with Gasteiger partial charge in [-0.2, -0.15) is 0 Å². The van der Waals surface area contributed by atoms with Crippen molar-refractivity contribution in [3.8, 4) is 0 Å². The zero-order valence-electron chi connectivity index (χ0n) is 55.4. The SMILES string of the molecule is COP(=O)(O)OC[C@H]1O[C@@H](n2cnc3c(N)ncnc32)CC1OP(=O)(O)OC[C@@H]1C[C@@H](O)CN1C(=O)CCCCCCCCC(=O)NC(COCCC(=O)CCCCN)(COCCC(=O)CCCCCC(=O)CCCCO)COCCC(=O)NCCCCC(=O)CCCCO. The third-order valence-electron chi connectivity index (χ3n) is 16.3. The topological polar surface area (TPSA) is 452 Å². The van der Waals surface area contributed by atoms with Crippen molar-refractivity contribution < 1.29 is 105 Å². The minimum Gasteiger partial charge on any atom is -0.396 e. The molecule has 0 saturated carbocycles. The van der Waals surface area contributed by atoms with Gasteiger partial charge in [-0.15, -0.1) is 0 Å². The van der Waals surface area contributed by atoms with E-state index in [9.17, 15) is 57.6 Å². The molecule has 542 valence electrons. The first-order valence-electron chi connectivity index (χ1n) is 33.7. The number of ketones is 4. The number of carbonyl (C=O) groups is 7. The maximum Gasteiger partial charge on any atom is 0.472 e. The number of aliphatic hydroxyl groups is 3. The van der Waals surface area contributed by atoms with E-state index in [-0.39, 0.29) is 162 Å². The third-order valence-corrected chi connectivity index (χ3v) is 18.2. The van der Waals surface area contributed by atoms with Crippen LogP contribution in [0.5, 0.6) is 0 Å². The van der Waals surface area contributed by atoms with Crippen molar-refractivity contribution in [2.24, 2.45) is 5.73 Å². The molecule has 4 unspecified atom stereocenters. The lowest BCUT2D eigenvalue weighted by Crippen LogP contribution is -2.58. The summed E-state index contributed by atoms with van der Waals surface area (Å²) in [6, 6.07) is -0.770. The number of phosphoric ester groups is 2. The van der Waals surface area contributed by atoms with Crippen molar-refractivity contribution in [3.63, 3.8) is 0 Å². The number of hydrogen-bond donors (Lipinski definition) is 9. The predicted octanol–water partition coefficient (Wildman–Crippen LogP) is 5.09. The van der Waals surface area contributed by atoms with E-state index in [0.717, 1.165) is 20.0 Å². The molecule has 11 N–H and O–H groups in total. The number of fused-ring (bicyclic) bond motifs is 1. The quantitative estimate of drug-likeness (QED) is 0.0308. The molecule has 0 aromatic carbocycles. The van der Waals surface area contributed by atoms with Gasteiger partial charge >= 0.3 is 15.6 Å². The molecule has 0 aliphatic carbocycles. The Morgan fingerprint density at radius 2 is 1.15 bits per heavy atom. The molecule has 2 aromatic rings. The number of carbonyl (C=O) groups excluding carboxylic acids is 7. The minimum absolute atomic E-state index is 0.00102. The molecular formula is C62H107N9O22P2. The molecule has 0 radical (unpaired) electrons. The van der Waals surface area contributed by atoms with Gasteiger partial charge in [0.25, 0.3) is 0 Å². The van der Waals surface area contributed by atoms with Gasteiger partial charge in [0, 0.05) is 110 Å². The Labute approximate surface area is 557 Å². The Bertz CT molecular complexity index is 2660. The maximum atomic E-state index is 13.9. The number of Topliss-reactive ketones (excluding diaryl/α,β-unsaturated/α-hetero) is 4. The second kappa shape index (κ2) is 46.6. The van der Waals surface area contributed by atoms with Crippen molar-refractivity contribution in [1.82, 2.24) is 35.1 Å². The Hall–Kier alpha value is -4.66. The first kappa shape index (κ1) is 82.8. The standard InChI is InChI=1S/C62H107N9O22P2/c1-86-94(82,83)91-41-54-53(38-58(92-54)71-46-68-59-60(64)66-45-67-61(59)71)93-95(84,85)90-40-47-37-52(78)39-70(47)57(81)26-10-5-3-2-4-9-25-56(80)69-62(43-88-35-28-51(77)21-11-15-30-63,42-87-34-27-50(76)20-8-6-7-19-48(74)23-13-17-32-72)44-89-36-29-55(79)65-31-16-12-22-49(75)24-14-18-33-73/h45-47,52-54,58,72-73,78H,2-44,63H2,1H3,(H,65,79)(H,69,80)(H,82,83)(H,84,85)(H2,64,66,67)/t47-,52+,53?,54+,58+,62?/m0/s1. The van der Waals surface area contributed by atoms with Crippen LogP contribution in [0.15, 0.2) is 12.7 Å². The van der Waals surface area contributed by atoms with E-state index in [1.54, 1.807) is 0 Å². The van der Waals surface area contributed by atoms with Crippen LogP contribution < -0.4 is 22.1 Å². The second-order valence-electron chi connectivity index (χ2n) is 24.4. The highest BCUT2D eigenvalue weighted by molar-refractivity contribution is 7.47. The van der Waals surface area contributed by atoms with Crippen LogP contribution in [0.1, 0.15) is 199 Å². The van der Waals surface area contributed by atoms with Crippen LogP contribution in [-0.2, 0) is 79.7 Å². The fraction of sp³-hybridized carbons (Fsp3) is 0.806. The summed E-state index contributed by atoms with van der Waals surface area (Å²) in [7, 11) is -8.48. The lowest BCUT2D eigenvalue weighted by molar-refractivity contribution is -0.133. The Kier molecular flexibility index (Phi) is 40.6. The molecule has 4 heterocycles. The molecular weight excluding hydrogens is 1280 g/mol. The molecule has 0 spiro atoms. The normalized spacial score (nSPS) is 19.1. The number of phosphoric acid groups is 2. The summed E-state index contributed by atoms with van der Waals surface area (Å²) >= 11 is 0. The van der Waals surface area contributed by atoms with Crippen molar-refractivity contribution in [2.45, 2.75) is 229 Å². The molecule has 0 bridgehead atoms. The summed E-state index contributed by atoms with van der Waals surface area (Å²) in [4.78, 5) is 125. The number of β-amino-alcohol motifs (C(OH)–C–C–N with tert-alkyl or cyclic N) is 1. The van der Waals surface area contributed by atoms with Crippen LogP contribution >= 0.6 is 15.6 Å². The largest absolute Gasteiger partial charge is 0.472 e. The van der Waals surface area contributed by atoms with Gasteiger partial charge in [-0.25, -0.2) is 24.1 Å². The molecule has 8 atom stereocenters. The van der Waals surface area contributed by atoms with Gasteiger partial charge in [0.1, 0.15) is 59.0 Å². The van der Waals surface area contributed by atoms with Crippen LogP contribution in [0, 0.1) is 0 Å².